The molecule has 0 aromatic heterocycles. The van der Waals surface area contributed by atoms with E-state index in [1.165, 1.54) is 10.8 Å². The number of aliphatic hydroxyl groups is 1. The molecule has 0 saturated carbocycles. The number of benzene rings is 2. The molecular formula is C20H25NO4. The van der Waals surface area contributed by atoms with Gasteiger partial charge in [0.15, 0.2) is 0 Å². The van der Waals surface area contributed by atoms with Crippen LogP contribution in [0.1, 0.15) is 17.9 Å². The van der Waals surface area contributed by atoms with Crippen molar-refractivity contribution in [3.63, 3.8) is 0 Å². The molecule has 5 nitrogen and oxygen atoms in total. The summed E-state index contributed by atoms with van der Waals surface area (Å²) in [6, 6.07) is 14.5. The van der Waals surface area contributed by atoms with E-state index in [4.69, 9.17) is 9.47 Å². The Morgan fingerprint density at radius 2 is 2.00 bits per heavy atom. The van der Waals surface area contributed by atoms with Crippen LogP contribution in [-0.4, -0.2) is 62.0 Å². The Balaban J connectivity index is 1.60. The molecule has 1 aliphatic heterocycles. The number of methoxy groups -OCH3 is 1. The van der Waals surface area contributed by atoms with Crippen LogP contribution in [0, 0.1) is 0 Å². The van der Waals surface area contributed by atoms with Crippen LogP contribution < -0.4 is 0 Å². The molecular weight excluding hydrogens is 318 g/mol. The second-order valence-corrected chi connectivity index (χ2v) is 6.45. The van der Waals surface area contributed by atoms with Crippen molar-refractivity contribution in [3.05, 3.63) is 48.0 Å². The van der Waals surface area contributed by atoms with E-state index < -0.39 is 6.10 Å². The summed E-state index contributed by atoms with van der Waals surface area (Å²) in [7, 11) is 1.60. The van der Waals surface area contributed by atoms with Crippen molar-refractivity contribution in [2.45, 2.75) is 18.4 Å². The third-order valence-electron chi connectivity index (χ3n) is 4.79. The Bertz CT molecular complexity index is 718. The molecule has 25 heavy (non-hydrogen) atoms. The van der Waals surface area contributed by atoms with Crippen molar-refractivity contribution >= 4 is 16.7 Å². The van der Waals surface area contributed by atoms with E-state index in [-0.39, 0.29) is 18.4 Å². The predicted molar refractivity (Wildman–Crippen MR) is 96.6 cm³/mol. The fourth-order valence-electron chi connectivity index (χ4n) is 3.38. The number of fused-ring (bicyclic) bond motifs is 1. The maximum Gasteiger partial charge on any atom is 0.248 e. The van der Waals surface area contributed by atoms with Gasteiger partial charge in [-0.15, -0.1) is 0 Å². The first-order chi connectivity index (χ1) is 12.2. The fourth-order valence-corrected chi connectivity index (χ4v) is 3.38. The van der Waals surface area contributed by atoms with Gasteiger partial charge in [-0.2, -0.15) is 0 Å². The van der Waals surface area contributed by atoms with Gasteiger partial charge in [0.2, 0.25) is 5.91 Å². The van der Waals surface area contributed by atoms with Gasteiger partial charge in [0.05, 0.1) is 19.3 Å². The first-order valence-electron chi connectivity index (χ1n) is 8.70. The standard InChI is InChI=1S/C20H25NO4/c1-24-10-11-25-14-20(23)21-9-8-18(19(22)13-21)17-7-6-15-4-2-3-5-16(15)12-17/h2-7,12,18-19,22H,8-11,13-14H2,1H3/t18-,19+/m0/s1. The minimum absolute atomic E-state index is 0.0384. The second kappa shape index (κ2) is 8.43. The molecule has 1 N–H and O–H groups in total. The highest BCUT2D eigenvalue weighted by Gasteiger charge is 2.31. The monoisotopic (exact) mass is 343 g/mol. The highest BCUT2D eigenvalue weighted by molar-refractivity contribution is 5.83. The van der Waals surface area contributed by atoms with Crippen LogP contribution >= 0.6 is 0 Å². The largest absolute Gasteiger partial charge is 0.391 e. The number of piperidine rings is 1. The van der Waals surface area contributed by atoms with Gasteiger partial charge in [-0.05, 0) is 22.8 Å². The van der Waals surface area contributed by atoms with E-state index in [0.717, 1.165) is 12.0 Å². The molecule has 2 aromatic rings. The summed E-state index contributed by atoms with van der Waals surface area (Å²) in [4.78, 5) is 13.9. The van der Waals surface area contributed by atoms with Crippen LogP contribution in [0.15, 0.2) is 42.5 Å². The first-order valence-corrected chi connectivity index (χ1v) is 8.70. The summed E-state index contributed by atoms with van der Waals surface area (Å²) in [5.74, 6) is -0.0184. The van der Waals surface area contributed by atoms with Crippen LogP contribution in [-0.2, 0) is 14.3 Å². The smallest absolute Gasteiger partial charge is 0.248 e. The number of carbonyl (C=O) groups is 1. The zero-order valence-electron chi connectivity index (χ0n) is 14.6. The zero-order chi connectivity index (χ0) is 17.6. The minimum atomic E-state index is -0.558. The van der Waals surface area contributed by atoms with E-state index in [1.54, 1.807) is 12.0 Å². The molecule has 0 bridgehead atoms. The number of carbonyl (C=O) groups excluding carboxylic acids is 1. The highest BCUT2D eigenvalue weighted by Crippen LogP contribution is 2.30. The van der Waals surface area contributed by atoms with Gasteiger partial charge < -0.3 is 19.5 Å². The maximum atomic E-state index is 12.2. The van der Waals surface area contributed by atoms with Gasteiger partial charge >= 0.3 is 0 Å². The number of amides is 1. The molecule has 1 heterocycles. The van der Waals surface area contributed by atoms with Crippen molar-refractivity contribution in [2.75, 3.05) is 40.0 Å². The Labute approximate surface area is 148 Å². The minimum Gasteiger partial charge on any atom is -0.391 e. The third-order valence-corrected chi connectivity index (χ3v) is 4.79. The number of ether oxygens (including phenoxy) is 2. The molecule has 0 unspecified atom stereocenters. The molecule has 0 radical (unpaired) electrons. The lowest BCUT2D eigenvalue weighted by atomic mass is 9.86. The highest BCUT2D eigenvalue weighted by atomic mass is 16.5. The molecule has 1 fully saturated rings. The van der Waals surface area contributed by atoms with Crippen molar-refractivity contribution in [1.82, 2.24) is 4.90 Å². The fraction of sp³-hybridized carbons (Fsp3) is 0.450. The van der Waals surface area contributed by atoms with E-state index >= 15 is 0 Å². The normalized spacial score (nSPS) is 20.8. The molecule has 3 rings (SSSR count). The lowest BCUT2D eigenvalue weighted by Gasteiger charge is -2.36. The molecule has 134 valence electrons. The predicted octanol–water partition coefficient (Wildman–Crippen LogP) is 2.18. The van der Waals surface area contributed by atoms with Crippen molar-refractivity contribution < 1.29 is 19.4 Å². The second-order valence-electron chi connectivity index (χ2n) is 6.45. The van der Waals surface area contributed by atoms with E-state index in [0.29, 0.717) is 26.3 Å². The number of rotatable bonds is 6. The number of aliphatic hydroxyl groups excluding tert-OH is 1. The van der Waals surface area contributed by atoms with Gasteiger partial charge in [0.25, 0.3) is 0 Å². The average molecular weight is 343 g/mol. The summed E-state index contributed by atoms with van der Waals surface area (Å²) in [5, 5.41) is 12.9. The van der Waals surface area contributed by atoms with Gasteiger partial charge in [-0.3, -0.25) is 4.79 Å². The molecule has 1 saturated heterocycles. The summed E-state index contributed by atoms with van der Waals surface area (Å²) >= 11 is 0. The third kappa shape index (κ3) is 4.37. The lowest BCUT2D eigenvalue weighted by molar-refractivity contribution is -0.140. The summed E-state index contributed by atoms with van der Waals surface area (Å²) in [6.45, 7) is 1.90. The van der Waals surface area contributed by atoms with Crippen molar-refractivity contribution in [2.24, 2.45) is 0 Å². The SMILES string of the molecule is COCCOCC(=O)N1CC[C@@H](c2ccc3ccccc3c2)[C@H](O)C1. The van der Waals surface area contributed by atoms with Gasteiger partial charge in [-0.25, -0.2) is 0 Å². The van der Waals surface area contributed by atoms with Crippen LogP contribution in [0.25, 0.3) is 10.8 Å². The van der Waals surface area contributed by atoms with Gasteiger partial charge in [0.1, 0.15) is 6.61 Å². The number of likely N-dealkylation sites (tertiary alicyclic amines) is 1. The topological polar surface area (TPSA) is 59.0 Å². The van der Waals surface area contributed by atoms with Crippen LogP contribution in [0.5, 0.6) is 0 Å². The Morgan fingerprint density at radius 1 is 1.20 bits per heavy atom. The quantitative estimate of drug-likeness (QED) is 0.817. The number of β-amino-alcohol motifs (C(OH)–C–C–N with tert-alkyl or cyclic N) is 1. The molecule has 1 aliphatic rings. The maximum absolute atomic E-state index is 12.2. The number of hydrogen-bond acceptors (Lipinski definition) is 4. The molecule has 1 amide bonds. The van der Waals surface area contributed by atoms with Crippen LogP contribution in [0.2, 0.25) is 0 Å². The van der Waals surface area contributed by atoms with E-state index in [1.807, 2.05) is 12.1 Å². The van der Waals surface area contributed by atoms with Crippen molar-refractivity contribution in [3.8, 4) is 0 Å². The summed E-state index contributed by atoms with van der Waals surface area (Å²) < 4.78 is 10.2. The van der Waals surface area contributed by atoms with Crippen LogP contribution in [0.3, 0.4) is 0 Å². The summed E-state index contributed by atoms with van der Waals surface area (Å²) in [6.07, 6.45) is 0.196. The molecule has 2 atom stereocenters. The van der Waals surface area contributed by atoms with E-state index in [9.17, 15) is 9.90 Å². The molecule has 0 aliphatic carbocycles. The first kappa shape index (κ1) is 17.9. The van der Waals surface area contributed by atoms with Crippen LogP contribution in [0.4, 0.5) is 0 Å². The number of hydrogen-bond donors (Lipinski definition) is 1. The Kier molecular flexibility index (Phi) is 6.02. The van der Waals surface area contributed by atoms with Gasteiger partial charge in [0, 0.05) is 26.1 Å². The molecule has 2 aromatic carbocycles. The van der Waals surface area contributed by atoms with Gasteiger partial charge in [-0.1, -0.05) is 42.5 Å². The van der Waals surface area contributed by atoms with E-state index in [2.05, 4.69) is 30.3 Å². The Morgan fingerprint density at radius 3 is 2.76 bits per heavy atom. The summed E-state index contributed by atoms with van der Waals surface area (Å²) in [5.41, 5.74) is 1.13. The Hall–Kier alpha value is -1.95. The molecule has 0 spiro atoms. The van der Waals surface area contributed by atoms with Crippen molar-refractivity contribution in [1.29, 1.82) is 0 Å². The molecule has 5 heteroatoms. The lowest BCUT2D eigenvalue weighted by Crippen LogP contribution is -2.47. The number of nitrogens with zero attached hydrogens (tertiary/aromatic N) is 1. The zero-order valence-corrected chi connectivity index (χ0v) is 14.6. The average Bonchev–Trinajstić information content (AvgIpc) is 2.64.